The second-order valence-corrected chi connectivity index (χ2v) is 6.43. The van der Waals surface area contributed by atoms with E-state index in [0.717, 1.165) is 4.88 Å². The quantitative estimate of drug-likeness (QED) is 0.580. The average Bonchev–Trinajstić information content (AvgIpc) is 3.27. The maximum atomic E-state index is 12.3. The molecule has 0 aromatic carbocycles. The summed E-state index contributed by atoms with van der Waals surface area (Å²) in [4.78, 5) is 18.3. The fraction of sp³-hybridized carbons (Fsp3) is 0. The van der Waals surface area contributed by atoms with Crippen LogP contribution in [0, 0.1) is 0 Å². The number of rotatable bonds is 3. The molecule has 22 heavy (non-hydrogen) atoms. The van der Waals surface area contributed by atoms with Crippen molar-refractivity contribution in [3.05, 3.63) is 67.3 Å². The van der Waals surface area contributed by atoms with Crippen molar-refractivity contribution < 1.29 is 4.42 Å². The van der Waals surface area contributed by atoms with E-state index in [1.807, 2.05) is 23.6 Å². The van der Waals surface area contributed by atoms with Crippen molar-refractivity contribution in [2.24, 2.45) is 0 Å². The Bertz CT molecular complexity index is 1040. The number of thiazole rings is 1. The van der Waals surface area contributed by atoms with Gasteiger partial charge in [0.15, 0.2) is 5.82 Å². The van der Waals surface area contributed by atoms with Gasteiger partial charge in [0.25, 0.3) is 5.56 Å². The van der Waals surface area contributed by atoms with Gasteiger partial charge in [0, 0.05) is 11.0 Å². The standard InChI is InChI=1S/C15H9N3O2S2/c19-14-12(9-10-3-1-7-20-10)22-15-16-13(17-18(14)15)6-5-11-4-2-8-21-11/h1-9H. The van der Waals surface area contributed by atoms with Gasteiger partial charge in [0.1, 0.15) is 10.3 Å². The van der Waals surface area contributed by atoms with Gasteiger partial charge in [-0.1, -0.05) is 17.4 Å². The summed E-state index contributed by atoms with van der Waals surface area (Å²) < 4.78 is 7.10. The molecule has 0 atom stereocenters. The van der Waals surface area contributed by atoms with Crippen molar-refractivity contribution in [3.63, 3.8) is 0 Å². The highest BCUT2D eigenvalue weighted by molar-refractivity contribution is 7.15. The summed E-state index contributed by atoms with van der Waals surface area (Å²) in [6.45, 7) is 0. The molecule has 0 aliphatic rings. The maximum absolute atomic E-state index is 12.3. The Morgan fingerprint density at radius 1 is 1.23 bits per heavy atom. The van der Waals surface area contributed by atoms with E-state index in [2.05, 4.69) is 10.1 Å². The third-order valence-corrected chi connectivity index (χ3v) is 4.75. The van der Waals surface area contributed by atoms with Crippen molar-refractivity contribution in [1.29, 1.82) is 0 Å². The third kappa shape index (κ3) is 2.40. The Morgan fingerprint density at radius 3 is 2.91 bits per heavy atom. The van der Waals surface area contributed by atoms with E-state index in [4.69, 9.17) is 4.42 Å². The van der Waals surface area contributed by atoms with E-state index in [-0.39, 0.29) is 5.56 Å². The van der Waals surface area contributed by atoms with Crippen LogP contribution in [0.5, 0.6) is 0 Å². The first-order chi connectivity index (χ1) is 10.8. The Hall–Kier alpha value is -2.51. The van der Waals surface area contributed by atoms with Crippen LogP contribution in [0.25, 0.3) is 23.2 Å². The van der Waals surface area contributed by atoms with Crippen LogP contribution in [0.15, 0.2) is 45.1 Å². The summed E-state index contributed by atoms with van der Waals surface area (Å²) in [5, 5.41) is 6.24. The number of hydrogen-bond donors (Lipinski definition) is 0. The first-order valence-electron chi connectivity index (χ1n) is 6.46. The molecular formula is C15H9N3O2S2. The summed E-state index contributed by atoms with van der Waals surface area (Å²) in [5.74, 6) is 1.17. The molecule has 4 rings (SSSR count). The van der Waals surface area contributed by atoms with Gasteiger partial charge in [-0.3, -0.25) is 4.79 Å². The highest BCUT2D eigenvalue weighted by Crippen LogP contribution is 2.12. The summed E-state index contributed by atoms with van der Waals surface area (Å²) in [6, 6.07) is 7.57. The van der Waals surface area contributed by atoms with Gasteiger partial charge in [0.2, 0.25) is 4.96 Å². The Kier molecular flexibility index (Phi) is 3.21. The van der Waals surface area contributed by atoms with Crippen molar-refractivity contribution in [3.8, 4) is 0 Å². The first kappa shape index (κ1) is 13.2. The van der Waals surface area contributed by atoms with E-state index in [1.54, 1.807) is 41.9 Å². The Morgan fingerprint density at radius 2 is 2.18 bits per heavy atom. The van der Waals surface area contributed by atoms with Crippen LogP contribution in [0.2, 0.25) is 0 Å². The van der Waals surface area contributed by atoms with Crippen LogP contribution in [0.4, 0.5) is 0 Å². The van der Waals surface area contributed by atoms with Crippen molar-refractivity contribution in [1.82, 2.24) is 14.6 Å². The normalized spacial score (nSPS) is 12.8. The van der Waals surface area contributed by atoms with Gasteiger partial charge in [-0.05, 0) is 35.7 Å². The fourth-order valence-electron chi connectivity index (χ4n) is 1.96. The van der Waals surface area contributed by atoms with Gasteiger partial charge in [-0.15, -0.1) is 16.4 Å². The monoisotopic (exact) mass is 327 g/mol. The van der Waals surface area contributed by atoms with E-state index < -0.39 is 0 Å². The van der Waals surface area contributed by atoms with Crippen molar-refractivity contribution >= 4 is 45.9 Å². The molecule has 0 aliphatic carbocycles. The molecule has 0 fully saturated rings. The van der Waals surface area contributed by atoms with Crippen LogP contribution < -0.4 is 10.1 Å². The predicted molar refractivity (Wildman–Crippen MR) is 87.9 cm³/mol. The predicted octanol–water partition coefficient (Wildman–Crippen LogP) is 2.52. The lowest BCUT2D eigenvalue weighted by molar-refractivity contribution is 0.556. The minimum atomic E-state index is -0.181. The van der Waals surface area contributed by atoms with Gasteiger partial charge in [-0.25, -0.2) is 0 Å². The molecule has 0 spiro atoms. The minimum Gasteiger partial charge on any atom is -0.465 e. The molecule has 0 radical (unpaired) electrons. The maximum Gasteiger partial charge on any atom is 0.291 e. The lowest BCUT2D eigenvalue weighted by atomic mass is 10.4. The van der Waals surface area contributed by atoms with Crippen molar-refractivity contribution in [2.75, 3.05) is 0 Å². The molecule has 0 N–H and O–H groups in total. The number of aromatic nitrogens is 3. The lowest BCUT2D eigenvalue weighted by Gasteiger charge is -1.82. The zero-order valence-electron chi connectivity index (χ0n) is 11.2. The third-order valence-electron chi connectivity index (χ3n) is 2.95. The van der Waals surface area contributed by atoms with Crippen molar-refractivity contribution in [2.45, 2.75) is 0 Å². The zero-order chi connectivity index (χ0) is 14.9. The molecule has 0 aliphatic heterocycles. The molecular weight excluding hydrogens is 318 g/mol. The molecule has 4 aromatic rings. The molecule has 108 valence electrons. The molecule has 0 unspecified atom stereocenters. The van der Waals surface area contributed by atoms with E-state index in [9.17, 15) is 4.79 Å². The van der Waals surface area contributed by atoms with Crippen LogP contribution in [-0.4, -0.2) is 14.6 Å². The van der Waals surface area contributed by atoms with Crippen LogP contribution in [0.1, 0.15) is 16.5 Å². The largest absolute Gasteiger partial charge is 0.465 e. The van der Waals surface area contributed by atoms with E-state index in [1.165, 1.54) is 15.9 Å². The van der Waals surface area contributed by atoms with Gasteiger partial charge >= 0.3 is 0 Å². The number of nitrogens with zero attached hydrogens (tertiary/aromatic N) is 3. The fourth-order valence-corrected chi connectivity index (χ4v) is 3.48. The molecule has 4 heterocycles. The van der Waals surface area contributed by atoms with Crippen LogP contribution in [-0.2, 0) is 0 Å². The second kappa shape index (κ2) is 5.36. The Balaban J connectivity index is 1.73. The highest BCUT2D eigenvalue weighted by Gasteiger charge is 2.09. The second-order valence-electron chi connectivity index (χ2n) is 4.44. The van der Waals surface area contributed by atoms with E-state index in [0.29, 0.717) is 21.1 Å². The number of hydrogen-bond acceptors (Lipinski definition) is 6. The van der Waals surface area contributed by atoms with Gasteiger partial charge < -0.3 is 4.42 Å². The molecule has 4 aromatic heterocycles. The molecule has 0 amide bonds. The number of fused-ring (bicyclic) bond motifs is 1. The van der Waals surface area contributed by atoms with Crippen LogP contribution >= 0.6 is 22.7 Å². The smallest absolute Gasteiger partial charge is 0.291 e. The number of thiophene rings is 1. The molecule has 0 saturated carbocycles. The number of furan rings is 1. The summed E-state index contributed by atoms with van der Waals surface area (Å²) in [7, 11) is 0. The SMILES string of the molecule is O=c1c(=Cc2ccco2)sc2nc(C=Cc3cccs3)nn12. The Labute approximate surface area is 132 Å². The molecule has 5 nitrogen and oxygen atoms in total. The molecule has 0 saturated heterocycles. The lowest BCUT2D eigenvalue weighted by Crippen LogP contribution is -2.23. The summed E-state index contributed by atoms with van der Waals surface area (Å²) >= 11 is 2.93. The zero-order valence-corrected chi connectivity index (χ0v) is 12.8. The topological polar surface area (TPSA) is 60.4 Å². The van der Waals surface area contributed by atoms with Gasteiger partial charge in [0.05, 0.1) is 6.26 Å². The summed E-state index contributed by atoms with van der Waals surface area (Å²) in [6.07, 6.45) is 7.01. The molecule has 7 heteroatoms. The first-order valence-corrected chi connectivity index (χ1v) is 8.15. The van der Waals surface area contributed by atoms with E-state index >= 15 is 0 Å². The highest BCUT2D eigenvalue weighted by atomic mass is 32.1. The summed E-state index contributed by atoms with van der Waals surface area (Å²) in [5.41, 5.74) is -0.181. The minimum absolute atomic E-state index is 0.181. The van der Waals surface area contributed by atoms with Gasteiger partial charge in [-0.2, -0.15) is 9.50 Å². The van der Waals surface area contributed by atoms with Crippen LogP contribution in [0.3, 0.4) is 0 Å². The average molecular weight is 327 g/mol. The molecule has 0 bridgehead atoms.